The number of esters is 1. The van der Waals surface area contributed by atoms with Gasteiger partial charge in [-0.15, -0.1) is 11.3 Å². The number of aliphatic carboxylic acids is 1. The molecule has 0 aromatic carbocycles. The van der Waals surface area contributed by atoms with E-state index in [0.717, 1.165) is 16.3 Å². The quantitative estimate of drug-likeness (QED) is 0.259. The van der Waals surface area contributed by atoms with Crippen LogP contribution in [0.25, 0.3) is 0 Å². The summed E-state index contributed by atoms with van der Waals surface area (Å²) in [6.07, 6.45) is 0. The highest BCUT2D eigenvalue weighted by molar-refractivity contribution is 7.13. The fourth-order valence-electron chi connectivity index (χ4n) is 3.05. The van der Waals surface area contributed by atoms with Crippen molar-refractivity contribution in [2.24, 2.45) is 5.16 Å². The summed E-state index contributed by atoms with van der Waals surface area (Å²) >= 11 is 1.09. The molecule has 4 N–H and O–H groups in total. The first kappa shape index (κ1) is 21.2. The van der Waals surface area contributed by atoms with Crippen molar-refractivity contribution in [3.63, 3.8) is 0 Å². The predicted octanol–water partition coefficient (Wildman–Crippen LogP) is -1.46. The topological polar surface area (TPSA) is 177 Å². The Bertz CT molecular complexity index is 971. The van der Waals surface area contributed by atoms with E-state index in [-0.39, 0.29) is 41.8 Å². The molecule has 1 saturated heterocycles. The van der Waals surface area contributed by atoms with Crippen molar-refractivity contribution in [2.45, 2.75) is 13.0 Å². The summed E-state index contributed by atoms with van der Waals surface area (Å²) in [5.41, 5.74) is 4.92. The SMILES string of the molecule is CCOC(=O)C1=C(C(=O)O)N2C(=O)[C@@H](NC(=O)/C(=N\OC)c3csc(N)n3)CN2C1. The number of carbonyl (C=O) groups excluding carboxylic acids is 3. The summed E-state index contributed by atoms with van der Waals surface area (Å²) in [4.78, 5) is 57.8. The molecular weight excluding hydrogens is 420 g/mol. The summed E-state index contributed by atoms with van der Waals surface area (Å²) in [6, 6.07) is -1.08. The van der Waals surface area contributed by atoms with Crippen LogP contribution in [0.5, 0.6) is 0 Å². The van der Waals surface area contributed by atoms with E-state index < -0.39 is 35.5 Å². The van der Waals surface area contributed by atoms with Crippen LogP contribution in [0.3, 0.4) is 0 Å². The fourth-order valence-corrected chi connectivity index (χ4v) is 3.60. The number of rotatable bonds is 7. The molecule has 2 aliphatic rings. The number of anilines is 1. The number of oxime groups is 1. The summed E-state index contributed by atoms with van der Waals surface area (Å²) in [5.74, 6) is -3.74. The van der Waals surface area contributed by atoms with E-state index in [1.54, 1.807) is 6.92 Å². The number of hydrogen-bond donors (Lipinski definition) is 3. The van der Waals surface area contributed by atoms with E-state index >= 15 is 0 Å². The van der Waals surface area contributed by atoms with Gasteiger partial charge in [0.1, 0.15) is 18.8 Å². The summed E-state index contributed by atoms with van der Waals surface area (Å²) in [7, 11) is 1.24. The van der Waals surface area contributed by atoms with E-state index in [1.807, 2.05) is 0 Å². The zero-order valence-electron chi connectivity index (χ0n) is 15.9. The Balaban J connectivity index is 1.80. The van der Waals surface area contributed by atoms with E-state index in [1.165, 1.54) is 17.5 Å². The molecule has 0 bridgehead atoms. The number of fused-ring (bicyclic) bond motifs is 1. The molecule has 2 amide bonds. The van der Waals surface area contributed by atoms with Crippen LogP contribution in [0.2, 0.25) is 0 Å². The van der Waals surface area contributed by atoms with Crippen LogP contribution in [0.15, 0.2) is 21.8 Å². The number of thiazole rings is 1. The number of carboxylic acid groups (broad SMARTS) is 1. The molecule has 1 fully saturated rings. The Labute approximate surface area is 173 Å². The van der Waals surface area contributed by atoms with Gasteiger partial charge in [0.05, 0.1) is 18.7 Å². The molecule has 1 aromatic heterocycles. The van der Waals surface area contributed by atoms with Gasteiger partial charge in [-0.25, -0.2) is 24.6 Å². The van der Waals surface area contributed by atoms with Crippen molar-refractivity contribution in [3.8, 4) is 0 Å². The highest BCUT2D eigenvalue weighted by Crippen LogP contribution is 2.30. The van der Waals surface area contributed by atoms with Crippen molar-refractivity contribution in [1.82, 2.24) is 20.3 Å². The van der Waals surface area contributed by atoms with E-state index in [0.29, 0.717) is 0 Å². The molecule has 0 saturated carbocycles. The van der Waals surface area contributed by atoms with Crippen molar-refractivity contribution < 1.29 is 33.9 Å². The number of aromatic nitrogens is 1. The second-order valence-corrected chi connectivity index (χ2v) is 6.96. The van der Waals surface area contributed by atoms with Gasteiger partial charge in [-0.2, -0.15) is 0 Å². The molecular formula is C16H18N6O7S. The maximum absolute atomic E-state index is 12.8. The number of nitrogens with zero attached hydrogens (tertiary/aromatic N) is 4. The lowest BCUT2D eigenvalue weighted by atomic mass is 10.1. The van der Waals surface area contributed by atoms with Gasteiger partial charge in [0.2, 0.25) is 0 Å². The van der Waals surface area contributed by atoms with Crippen molar-refractivity contribution in [3.05, 3.63) is 22.3 Å². The van der Waals surface area contributed by atoms with Crippen LogP contribution < -0.4 is 11.1 Å². The fraction of sp³-hybridized carbons (Fsp3) is 0.375. The van der Waals surface area contributed by atoms with Crippen LogP contribution >= 0.6 is 11.3 Å². The number of nitrogens with one attached hydrogen (secondary N) is 1. The Morgan fingerprint density at radius 2 is 2.20 bits per heavy atom. The van der Waals surface area contributed by atoms with Crippen LogP contribution in [0.1, 0.15) is 12.6 Å². The third-order valence-electron chi connectivity index (χ3n) is 4.21. The number of hydrazine groups is 1. The number of nitrogen functional groups attached to an aromatic ring is 1. The molecule has 14 heteroatoms. The highest BCUT2D eigenvalue weighted by Gasteiger charge is 2.49. The number of carbonyl (C=O) groups is 4. The third-order valence-corrected chi connectivity index (χ3v) is 4.89. The van der Waals surface area contributed by atoms with Gasteiger partial charge in [-0.05, 0) is 6.92 Å². The molecule has 2 aliphatic heterocycles. The van der Waals surface area contributed by atoms with Gasteiger partial charge in [0.15, 0.2) is 16.5 Å². The van der Waals surface area contributed by atoms with Crippen LogP contribution in [-0.4, -0.2) is 82.4 Å². The molecule has 0 aliphatic carbocycles. The molecule has 13 nitrogen and oxygen atoms in total. The third kappa shape index (κ3) is 3.81. The van der Waals surface area contributed by atoms with Gasteiger partial charge in [-0.3, -0.25) is 9.59 Å². The number of ether oxygens (including phenoxy) is 1. The van der Waals surface area contributed by atoms with Gasteiger partial charge in [-0.1, -0.05) is 5.16 Å². The normalized spacial score (nSPS) is 19.1. The van der Waals surface area contributed by atoms with E-state index in [9.17, 15) is 24.3 Å². The maximum atomic E-state index is 12.8. The Morgan fingerprint density at radius 1 is 1.47 bits per heavy atom. The lowest BCUT2D eigenvalue weighted by molar-refractivity contribution is -0.143. The minimum Gasteiger partial charge on any atom is -0.477 e. The summed E-state index contributed by atoms with van der Waals surface area (Å²) < 4.78 is 4.87. The average Bonchev–Trinajstić information content (AvgIpc) is 3.35. The molecule has 30 heavy (non-hydrogen) atoms. The Morgan fingerprint density at radius 3 is 2.77 bits per heavy atom. The van der Waals surface area contributed by atoms with Gasteiger partial charge in [0, 0.05) is 11.9 Å². The number of hydrogen-bond acceptors (Lipinski definition) is 11. The largest absolute Gasteiger partial charge is 0.477 e. The van der Waals surface area contributed by atoms with E-state index in [2.05, 4.69) is 20.3 Å². The molecule has 0 unspecified atom stereocenters. The van der Waals surface area contributed by atoms with Gasteiger partial charge < -0.3 is 25.7 Å². The predicted molar refractivity (Wildman–Crippen MR) is 102 cm³/mol. The van der Waals surface area contributed by atoms with Crippen LogP contribution in [-0.2, 0) is 28.8 Å². The lowest BCUT2D eigenvalue weighted by Crippen LogP contribution is -2.46. The Hall–Kier alpha value is -3.52. The first-order valence-electron chi connectivity index (χ1n) is 8.64. The van der Waals surface area contributed by atoms with Crippen molar-refractivity contribution in [1.29, 1.82) is 0 Å². The van der Waals surface area contributed by atoms with Crippen molar-refractivity contribution in [2.75, 3.05) is 32.5 Å². The number of carboxylic acids is 1. The monoisotopic (exact) mass is 438 g/mol. The molecule has 1 aromatic rings. The number of nitrogens with two attached hydrogens (primary N) is 1. The zero-order valence-corrected chi connectivity index (χ0v) is 16.8. The smallest absolute Gasteiger partial charge is 0.354 e. The molecule has 160 valence electrons. The van der Waals surface area contributed by atoms with Gasteiger partial charge >= 0.3 is 11.9 Å². The number of amides is 2. The van der Waals surface area contributed by atoms with Crippen molar-refractivity contribution >= 4 is 45.9 Å². The molecule has 3 rings (SSSR count). The molecule has 0 spiro atoms. The molecule has 1 atom stereocenters. The maximum Gasteiger partial charge on any atom is 0.354 e. The lowest BCUT2D eigenvalue weighted by Gasteiger charge is -2.18. The first-order valence-corrected chi connectivity index (χ1v) is 9.52. The zero-order chi connectivity index (χ0) is 22.0. The second kappa shape index (κ2) is 8.46. The molecule has 0 radical (unpaired) electrons. The Kier molecular flexibility index (Phi) is 5.98. The average molecular weight is 438 g/mol. The minimum atomic E-state index is -1.46. The summed E-state index contributed by atoms with van der Waals surface area (Å²) in [5, 5.41) is 19.6. The standard InChI is InChI=1S/C16H18N6O7S/c1-3-29-15(27)7-4-21-5-8(13(24)22(21)11(7)14(25)26)18-12(23)10(20-28-2)9-6-30-16(17)19-9/h6,8H,3-5H2,1-2H3,(H2,17,19)(H,18,23)(H,25,26)/b20-10-/t8-/m0/s1. The van der Waals surface area contributed by atoms with E-state index in [4.69, 9.17) is 10.5 Å². The molecule has 3 heterocycles. The second-order valence-electron chi connectivity index (χ2n) is 6.07. The van der Waals surface area contributed by atoms with Crippen LogP contribution in [0.4, 0.5) is 5.13 Å². The first-order chi connectivity index (χ1) is 14.3. The highest BCUT2D eigenvalue weighted by atomic mass is 32.1. The van der Waals surface area contributed by atoms with Gasteiger partial charge in [0.25, 0.3) is 11.8 Å². The minimum absolute atomic E-state index is 0.0519. The van der Waals surface area contributed by atoms with Crippen LogP contribution in [0, 0.1) is 0 Å². The summed E-state index contributed by atoms with van der Waals surface area (Å²) in [6.45, 7) is 1.45.